The van der Waals surface area contributed by atoms with Gasteiger partial charge in [0.15, 0.2) is 10.9 Å². The van der Waals surface area contributed by atoms with Crippen molar-refractivity contribution in [2.75, 3.05) is 42.6 Å². The number of Topliss-reactive ketones (excluding diaryl/α,β-unsaturated/α-hetero) is 1. The third kappa shape index (κ3) is 4.70. The number of anilines is 2. The summed E-state index contributed by atoms with van der Waals surface area (Å²) in [6.07, 6.45) is 0.766. The van der Waals surface area contributed by atoms with Crippen molar-refractivity contribution in [3.8, 4) is 5.69 Å². The fourth-order valence-electron chi connectivity index (χ4n) is 4.55. The molecule has 2 aromatic carbocycles. The molecule has 1 amide bonds. The van der Waals surface area contributed by atoms with E-state index in [1.807, 2.05) is 29.7 Å². The lowest BCUT2D eigenvalue weighted by Gasteiger charge is -2.28. The van der Waals surface area contributed by atoms with Crippen LogP contribution in [0.4, 0.5) is 11.6 Å². The minimum Gasteiger partial charge on any atom is -0.378 e. The van der Waals surface area contributed by atoms with Gasteiger partial charge in [0.2, 0.25) is 11.9 Å². The van der Waals surface area contributed by atoms with Crippen LogP contribution in [0.2, 0.25) is 0 Å². The number of morpholine rings is 1. The molecule has 1 fully saturated rings. The van der Waals surface area contributed by atoms with Crippen molar-refractivity contribution in [3.05, 3.63) is 59.2 Å². The van der Waals surface area contributed by atoms with Crippen molar-refractivity contribution in [2.24, 2.45) is 0 Å². The third-order valence-electron chi connectivity index (χ3n) is 6.49. The maximum absolute atomic E-state index is 13.4. The zero-order chi connectivity index (χ0) is 24.5. The van der Waals surface area contributed by atoms with E-state index in [2.05, 4.69) is 46.3 Å². The van der Waals surface area contributed by atoms with E-state index >= 15 is 0 Å². The van der Waals surface area contributed by atoms with Crippen LogP contribution in [-0.4, -0.2) is 64.6 Å². The van der Waals surface area contributed by atoms with E-state index in [1.54, 1.807) is 11.8 Å². The molecule has 5 rings (SSSR count). The first kappa shape index (κ1) is 23.6. The van der Waals surface area contributed by atoms with Crippen molar-refractivity contribution in [1.82, 2.24) is 14.8 Å². The molecule has 35 heavy (non-hydrogen) atoms. The highest BCUT2D eigenvalue weighted by molar-refractivity contribution is 8.00. The standard InChI is InChI=1S/C26H29N5O3S/c1-17-4-7-22(8-5-17)31-25(29-12-14-34-15-13-29)27-28-26(31)35-18(2)24(33)21-6-9-23-20(16-21)10-11-30(23)19(3)32/h4-9,16,18H,10-15H2,1-3H3. The number of carbonyl (C=O) groups excluding carboxylic acids is 2. The third-order valence-corrected chi connectivity index (χ3v) is 7.54. The summed E-state index contributed by atoms with van der Waals surface area (Å²) < 4.78 is 7.55. The van der Waals surface area contributed by atoms with Crippen molar-refractivity contribution in [1.29, 1.82) is 0 Å². The van der Waals surface area contributed by atoms with Gasteiger partial charge >= 0.3 is 0 Å². The first-order chi connectivity index (χ1) is 16.9. The molecule has 0 spiro atoms. The SMILES string of the molecule is CC(=O)N1CCc2cc(C(=O)C(C)Sc3nnc(N4CCOCC4)n3-c3ccc(C)cc3)ccc21. The Labute approximate surface area is 209 Å². The first-order valence-corrected chi connectivity index (χ1v) is 12.8. The van der Waals surface area contributed by atoms with Crippen molar-refractivity contribution in [2.45, 2.75) is 37.6 Å². The number of carbonyl (C=O) groups is 2. The van der Waals surface area contributed by atoms with Crippen molar-refractivity contribution >= 4 is 35.1 Å². The number of amides is 1. The van der Waals surface area contributed by atoms with Gasteiger partial charge in [-0.15, -0.1) is 10.2 Å². The second-order valence-electron chi connectivity index (χ2n) is 8.94. The Bertz CT molecular complexity index is 1250. The van der Waals surface area contributed by atoms with Crippen LogP contribution in [0.5, 0.6) is 0 Å². The monoisotopic (exact) mass is 491 g/mol. The van der Waals surface area contributed by atoms with Gasteiger partial charge in [-0.05, 0) is 56.2 Å². The smallest absolute Gasteiger partial charge is 0.232 e. The molecule has 8 nitrogen and oxygen atoms in total. The second-order valence-corrected chi connectivity index (χ2v) is 10.2. The number of aromatic nitrogens is 3. The topological polar surface area (TPSA) is 80.6 Å². The lowest BCUT2D eigenvalue weighted by molar-refractivity contribution is -0.116. The van der Waals surface area contributed by atoms with Crippen LogP contribution in [-0.2, 0) is 16.0 Å². The molecule has 1 saturated heterocycles. The number of thioether (sulfide) groups is 1. The van der Waals surface area contributed by atoms with Gasteiger partial charge in [0, 0.05) is 37.8 Å². The molecule has 2 aliphatic heterocycles. The first-order valence-electron chi connectivity index (χ1n) is 11.9. The molecule has 3 heterocycles. The molecular weight excluding hydrogens is 462 g/mol. The quantitative estimate of drug-likeness (QED) is 0.384. The van der Waals surface area contributed by atoms with E-state index in [4.69, 9.17) is 4.74 Å². The van der Waals surface area contributed by atoms with Gasteiger partial charge < -0.3 is 14.5 Å². The maximum atomic E-state index is 13.4. The summed E-state index contributed by atoms with van der Waals surface area (Å²) in [6.45, 7) is 8.99. The van der Waals surface area contributed by atoms with E-state index in [-0.39, 0.29) is 16.9 Å². The van der Waals surface area contributed by atoms with Gasteiger partial charge in [0.25, 0.3) is 0 Å². The van der Waals surface area contributed by atoms with Crippen LogP contribution in [0.1, 0.15) is 35.3 Å². The fourth-order valence-corrected chi connectivity index (χ4v) is 5.49. The van der Waals surface area contributed by atoms with Crippen LogP contribution < -0.4 is 9.80 Å². The predicted molar refractivity (Wildman–Crippen MR) is 137 cm³/mol. The Kier molecular flexibility index (Phi) is 6.62. The Morgan fingerprint density at radius 3 is 2.49 bits per heavy atom. The molecule has 1 unspecified atom stereocenters. The van der Waals surface area contributed by atoms with E-state index in [0.717, 1.165) is 42.4 Å². The molecule has 0 bridgehead atoms. The minimum absolute atomic E-state index is 0.0262. The number of ether oxygens (including phenoxy) is 1. The number of nitrogens with zero attached hydrogens (tertiary/aromatic N) is 5. The Morgan fingerprint density at radius 1 is 1.03 bits per heavy atom. The Hall–Kier alpha value is -3.17. The van der Waals surface area contributed by atoms with Gasteiger partial charge in [0.05, 0.1) is 24.2 Å². The average Bonchev–Trinajstić information content (AvgIpc) is 3.48. The summed E-state index contributed by atoms with van der Waals surface area (Å²) in [7, 11) is 0. The molecule has 0 radical (unpaired) electrons. The van der Waals surface area contributed by atoms with Crippen LogP contribution in [0.15, 0.2) is 47.6 Å². The molecule has 1 aromatic heterocycles. The summed E-state index contributed by atoms with van der Waals surface area (Å²) in [5.74, 6) is 0.824. The number of rotatable bonds is 6. The van der Waals surface area contributed by atoms with Crippen LogP contribution in [0, 0.1) is 6.92 Å². The number of hydrogen-bond donors (Lipinski definition) is 0. The normalized spacial score (nSPS) is 16.3. The molecule has 0 aliphatic carbocycles. The number of fused-ring (bicyclic) bond motifs is 1. The number of ketones is 1. The summed E-state index contributed by atoms with van der Waals surface area (Å²) in [4.78, 5) is 29.2. The maximum Gasteiger partial charge on any atom is 0.232 e. The van der Waals surface area contributed by atoms with Crippen LogP contribution in [0.3, 0.4) is 0 Å². The zero-order valence-corrected chi connectivity index (χ0v) is 21.0. The van der Waals surface area contributed by atoms with E-state index in [9.17, 15) is 9.59 Å². The molecule has 182 valence electrons. The molecular formula is C26H29N5O3S. The largest absolute Gasteiger partial charge is 0.378 e. The molecule has 3 aromatic rings. The highest BCUT2D eigenvalue weighted by atomic mass is 32.2. The van der Waals surface area contributed by atoms with Crippen LogP contribution in [0.25, 0.3) is 5.69 Å². The highest BCUT2D eigenvalue weighted by Crippen LogP contribution is 2.33. The molecule has 9 heteroatoms. The zero-order valence-electron chi connectivity index (χ0n) is 20.2. The van der Waals surface area contributed by atoms with Crippen LogP contribution >= 0.6 is 11.8 Å². The number of aryl methyl sites for hydroxylation is 1. The molecule has 1 atom stereocenters. The fraction of sp³-hybridized carbons (Fsp3) is 0.385. The number of benzene rings is 2. The van der Waals surface area contributed by atoms with Gasteiger partial charge in [-0.2, -0.15) is 0 Å². The van der Waals surface area contributed by atoms with E-state index in [1.165, 1.54) is 17.3 Å². The highest BCUT2D eigenvalue weighted by Gasteiger charge is 2.27. The van der Waals surface area contributed by atoms with Gasteiger partial charge in [0.1, 0.15) is 0 Å². The van der Waals surface area contributed by atoms with E-state index in [0.29, 0.717) is 30.5 Å². The summed E-state index contributed by atoms with van der Waals surface area (Å²) >= 11 is 1.41. The van der Waals surface area contributed by atoms with E-state index < -0.39 is 0 Å². The molecule has 2 aliphatic rings. The second kappa shape index (κ2) is 9.83. The Morgan fingerprint density at radius 2 is 1.77 bits per heavy atom. The molecule has 0 saturated carbocycles. The van der Waals surface area contributed by atoms with Crippen molar-refractivity contribution in [3.63, 3.8) is 0 Å². The predicted octanol–water partition coefficient (Wildman–Crippen LogP) is 3.68. The number of hydrogen-bond acceptors (Lipinski definition) is 7. The average molecular weight is 492 g/mol. The molecule has 0 N–H and O–H groups in total. The summed E-state index contributed by atoms with van der Waals surface area (Å²) in [5, 5.41) is 9.32. The van der Waals surface area contributed by atoms with Gasteiger partial charge in [-0.3, -0.25) is 14.2 Å². The Balaban J connectivity index is 1.41. The summed E-state index contributed by atoms with van der Waals surface area (Å²) in [5.41, 5.74) is 4.74. The van der Waals surface area contributed by atoms with Gasteiger partial charge in [-0.25, -0.2) is 0 Å². The van der Waals surface area contributed by atoms with Crippen molar-refractivity contribution < 1.29 is 14.3 Å². The minimum atomic E-state index is -0.357. The lowest BCUT2D eigenvalue weighted by atomic mass is 10.0. The van der Waals surface area contributed by atoms with Gasteiger partial charge in [-0.1, -0.05) is 29.5 Å². The summed E-state index contributed by atoms with van der Waals surface area (Å²) in [6, 6.07) is 13.9. The lowest BCUT2D eigenvalue weighted by Crippen LogP contribution is -2.37.